The molecule has 4 heteroatoms. The average molecular weight is 117 g/mol. The van der Waals surface area contributed by atoms with E-state index in [-0.39, 0.29) is 23.1 Å². The Hall–Kier alpha value is 0.826. The molecule has 0 aromatic heterocycles. The van der Waals surface area contributed by atoms with Gasteiger partial charge in [0.15, 0.2) is 0 Å². The van der Waals surface area contributed by atoms with Gasteiger partial charge in [-0.25, -0.2) is 0 Å². The van der Waals surface area contributed by atoms with Gasteiger partial charge in [0.05, 0.1) is 6.61 Å². The van der Waals surface area contributed by atoms with Gasteiger partial charge in [-0.05, 0) is 11.5 Å². The van der Waals surface area contributed by atoms with Crippen molar-refractivity contribution >= 4 is 31.7 Å². The van der Waals surface area contributed by atoms with Gasteiger partial charge < -0.3 is 0 Å². The van der Waals surface area contributed by atoms with E-state index in [0.29, 0.717) is 6.61 Å². The van der Waals surface area contributed by atoms with Crippen molar-refractivity contribution in [2.75, 3.05) is 6.61 Å². The molecule has 0 aromatic carbocycles. The van der Waals surface area contributed by atoms with Gasteiger partial charge in [0.1, 0.15) is 0 Å². The van der Waals surface area contributed by atoms with Crippen molar-refractivity contribution in [3.63, 3.8) is 0 Å². The lowest BCUT2D eigenvalue weighted by molar-refractivity contribution is 0.365. The molecule has 1 unspecified atom stereocenters. The molecule has 0 heterocycles. The predicted octanol–water partition coefficient (Wildman–Crippen LogP) is 0.581. The van der Waals surface area contributed by atoms with Gasteiger partial charge in [0.25, 0.3) is 0 Å². The number of rotatable bonds is 2. The van der Waals surface area contributed by atoms with Gasteiger partial charge in [-0.15, -0.1) is 4.52 Å². The van der Waals surface area contributed by atoms with Crippen LogP contribution >= 0.6 is 8.69 Å². The van der Waals surface area contributed by atoms with Crippen molar-refractivity contribution in [3.05, 3.63) is 0 Å². The highest BCUT2D eigenvalue weighted by Crippen LogP contribution is 1.89. The summed E-state index contributed by atoms with van der Waals surface area (Å²) in [6, 6.07) is 0. The van der Waals surface area contributed by atoms with Crippen molar-refractivity contribution in [1.29, 1.82) is 0 Å². The van der Waals surface area contributed by atoms with Crippen molar-refractivity contribution in [3.8, 4) is 0 Å². The molecule has 2 nitrogen and oxygen atoms in total. The van der Waals surface area contributed by atoms with Crippen LogP contribution in [0.5, 0.6) is 0 Å². The minimum Gasteiger partial charge on any atom is -0.148 e. The zero-order valence-corrected chi connectivity index (χ0v) is 6.14. The number of hydrogen-bond acceptors (Lipinski definition) is 2. The lowest BCUT2D eigenvalue weighted by atomic mass is 10.9. The first-order valence-electron chi connectivity index (χ1n) is 1.40. The van der Waals surface area contributed by atoms with Crippen LogP contribution in [0.2, 0.25) is 0 Å². The minimum absolute atomic E-state index is 0. The normalized spacial score (nSPS) is 7.50. The van der Waals surface area contributed by atoms with Crippen LogP contribution in [0.15, 0.2) is 0 Å². The maximum atomic E-state index is 9.34. The topological polar surface area (TPSA) is 26.3 Å². The van der Waals surface area contributed by atoms with E-state index in [1.165, 1.54) is 0 Å². The van der Waals surface area contributed by atoms with Crippen LogP contribution in [0.3, 0.4) is 0 Å². The smallest absolute Gasteiger partial charge is 0.148 e. The molecule has 6 heavy (non-hydrogen) atoms. The molecule has 0 spiro atoms. The first kappa shape index (κ1) is 9.95. The van der Waals surface area contributed by atoms with Crippen LogP contribution in [0.4, 0.5) is 0 Å². The van der Waals surface area contributed by atoms with Crippen molar-refractivity contribution in [2.24, 2.45) is 0 Å². The van der Waals surface area contributed by atoms with Gasteiger partial charge in [-0.2, -0.15) is 0 Å². The fraction of sp³-hybridized carbons (Fsp3) is 1.00. The molecule has 0 saturated heterocycles. The third-order valence-electron chi connectivity index (χ3n) is 0.203. The highest BCUT2D eigenvalue weighted by atomic mass is 31.1. The zero-order chi connectivity index (χ0) is 4.12. The predicted molar refractivity (Wildman–Crippen MR) is 26.4 cm³/mol. The second-order valence-corrected chi connectivity index (χ2v) is 0.972. The van der Waals surface area contributed by atoms with Crippen LogP contribution in [0.25, 0.3) is 0 Å². The first-order valence-corrected chi connectivity index (χ1v) is 2.22. The Kier molecular flexibility index (Phi) is 15.4. The lowest BCUT2D eigenvalue weighted by Gasteiger charge is -1.62. The molecular formula is C2H6MgO2P+. The van der Waals surface area contributed by atoms with E-state index < -0.39 is 8.69 Å². The summed E-state index contributed by atoms with van der Waals surface area (Å²) in [7, 11) is -0.592. The first-order chi connectivity index (χ1) is 2.41. The van der Waals surface area contributed by atoms with Gasteiger partial charge >= 0.3 is 8.69 Å². The summed E-state index contributed by atoms with van der Waals surface area (Å²) < 4.78 is 13.6. The van der Waals surface area contributed by atoms with Gasteiger partial charge in [-0.1, -0.05) is 0 Å². The molecule has 0 rings (SSSR count). The Bertz CT molecular complexity index is 32.7. The molecular weight excluding hydrogens is 111 g/mol. The Morgan fingerprint density at radius 1 is 1.83 bits per heavy atom. The van der Waals surface area contributed by atoms with E-state index in [9.17, 15) is 4.57 Å². The maximum absolute atomic E-state index is 9.34. The van der Waals surface area contributed by atoms with E-state index in [1.54, 1.807) is 6.92 Å². The summed E-state index contributed by atoms with van der Waals surface area (Å²) in [5.41, 5.74) is 0. The molecule has 0 aliphatic heterocycles. The lowest BCUT2D eigenvalue weighted by Crippen LogP contribution is -1.65. The Labute approximate surface area is 54.7 Å². The Morgan fingerprint density at radius 2 is 2.33 bits per heavy atom. The standard InChI is InChI=1S/C2H6O2P.Mg/c1-2-4-5-3;/h5H,2H2,1H3;/q+1;. The van der Waals surface area contributed by atoms with E-state index in [0.717, 1.165) is 0 Å². The highest BCUT2D eigenvalue weighted by molar-refractivity contribution is 7.17. The molecule has 0 aliphatic rings. The second-order valence-electron chi connectivity index (χ2n) is 0.516. The van der Waals surface area contributed by atoms with E-state index in [2.05, 4.69) is 4.52 Å². The molecule has 0 saturated carbocycles. The molecule has 0 amide bonds. The van der Waals surface area contributed by atoms with Crippen molar-refractivity contribution in [2.45, 2.75) is 6.92 Å². The molecule has 2 radical (unpaired) electrons. The van der Waals surface area contributed by atoms with E-state index in [1.807, 2.05) is 0 Å². The van der Waals surface area contributed by atoms with Crippen LogP contribution in [-0.2, 0) is 9.09 Å². The summed E-state index contributed by atoms with van der Waals surface area (Å²) >= 11 is 0. The molecule has 0 bridgehead atoms. The summed E-state index contributed by atoms with van der Waals surface area (Å²) in [6.45, 7) is 2.34. The van der Waals surface area contributed by atoms with Crippen molar-refractivity contribution in [1.82, 2.24) is 0 Å². The summed E-state index contributed by atoms with van der Waals surface area (Å²) in [6.07, 6.45) is 0. The molecule has 32 valence electrons. The summed E-state index contributed by atoms with van der Waals surface area (Å²) in [4.78, 5) is 0. The average Bonchev–Trinajstić information content (AvgIpc) is 1.41. The van der Waals surface area contributed by atoms with Crippen LogP contribution in [-0.4, -0.2) is 29.7 Å². The van der Waals surface area contributed by atoms with Crippen molar-refractivity contribution < 1.29 is 9.09 Å². The zero-order valence-electron chi connectivity index (χ0n) is 3.73. The van der Waals surface area contributed by atoms with Crippen LogP contribution < -0.4 is 0 Å². The molecule has 0 aliphatic carbocycles. The van der Waals surface area contributed by atoms with E-state index >= 15 is 0 Å². The molecule has 0 N–H and O–H groups in total. The van der Waals surface area contributed by atoms with Gasteiger partial charge in [-0.3, -0.25) is 0 Å². The fourth-order valence-electron chi connectivity index (χ4n) is 0.0589. The maximum Gasteiger partial charge on any atom is 0.494 e. The van der Waals surface area contributed by atoms with Crippen LogP contribution in [0, 0.1) is 0 Å². The fourth-order valence-corrected chi connectivity index (χ4v) is 0.177. The highest BCUT2D eigenvalue weighted by Gasteiger charge is 1.76. The number of hydrogen-bond donors (Lipinski definition) is 0. The summed E-state index contributed by atoms with van der Waals surface area (Å²) in [5, 5.41) is 0. The summed E-state index contributed by atoms with van der Waals surface area (Å²) in [5.74, 6) is 0. The Morgan fingerprint density at radius 3 is 2.33 bits per heavy atom. The quantitative estimate of drug-likeness (QED) is 0.391. The second kappa shape index (κ2) is 9.27. The van der Waals surface area contributed by atoms with E-state index in [4.69, 9.17) is 0 Å². The molecule has 0 fully saturated rings. The van der Waals surface area contributed by atoms with Gasteiger partial charge in [0, 0.05) is 23.1 Å². The van der Waals surface area contributed by atoms with Crippen LogP contribution in [0.1, 0.15) is 6.92 Å². The largest absolute Gasteiger partial charge is 0.494 e. The van der Waals surface area contributed by atoms with Gasteiger partial charge in [0.2, 0.25) is 0 Å². The third-order valence-corrected chi connectivity index (χ3v) is 0.610. The molecule has 1 atom stereocenters. The molecule has 0 aromatic rings. The minimum atomic E-state index is -0.592. The SMILES string of the molecule is CCO[PH+]=O.[Mg]. The third kappa shape index (κ3) is 8.85. The Balaban J connectivity index is 0. The monoisotopic (exact) mass is 117 g/mol.